The first kappa shape index (κ1) is 32.1. The fourth-order valence-electron chi connectivity index (χ4n) is 3.61. The van der Waals surface area contributed by atoms with Gasteiger partial charge in [0.1, 0.15) is 0 Å². The standard InChI is InChI=1S/C23H14N.C10H7N2.B.Ir.Y/c1-2-8-18(9-3-1)19-10-6-11-20(16-19)21-12-7-13-22(17-21)23-14-4-5-15-24-23;1-2-5-9(6-3-1)10-11-7-4-8-12-10;;;/h1-12,14-15H;1-5,7-8H;;;/q-3;-1;;;. The van der Waals surface area contributed by atoms with Crippen LogP contribution in [0.5, 0.6) is 0 Å². The van der Waals surface area contributed by atoms with E-state index < -0.39 is 0 Å². The zero-order valence-electron chi connectivity index (χ0n) is 21.0. The van der Waals surface area contributed by atoms with Crippen LogP contribution in [0, 0.1) is 24.3 Å². The average Bonchev–Trinajstić information content (AvgIpc) is 2.99. The summed E-state index contributed by atoms with van der Waals surface area (Å²) in [5.74, 6) is 0.720. The van der Waals surface area contributed by atoms with Gasteiger partial charge in [-0.1, -0.05) is 47.7 Å². The third-order valence-electron chi connectivity index (χ3n) is 5.34. The summed E-state index contributed by atoms with van der Waals surface area (Å²) in [4.78, 5) is 12.6. The van der Waals surface area contributed by atoms with Gasteiger partial charge >= 0.3 is 0 Å². The van der Waals surface area contributed by atoms with E-state index in [1.807, 2.05) is 72.8 Å². The van der Waals surface area contributed by atoms with E-state index in [1.54, 1.807) is 24.7 Å². The molecule has 0 spiro atoms. The van der Waals surface area contributed by atoms with Crippen LogP contribution < -0.4 is 0 Å². The zero-order valence-corrected chi connectivity index (χ0v) is 26.2. The number of hydrogen-bond donors (Lipinski definition) is 0. The first-order valence-corrected chi connectivity index (χ1v) is 11.5. The molecule has 0 fully saturated rings. The Morgan fingerprint density at radius 2 is 1.15 bits per heavy atom. The molecular formula is C33H21BIrN3Y-4. The Morgan fingerprint density at radius 1 is 0.487 bits per heavy atom. The molecule has 39 heavy (non-hydrogen) atoms. The number of hydrogen-bond acceptors (Lipinski definition) is 3. The van der Waals surface area contributed by atoms with Crippen molar-refractivity contribution in [1.29, 1.82) is 0 Å². The molecule has 6 aromatic rings. The minimum absolute atomic E-state index is 0. The van der Waals surface area contributed by atoms with E-state index in [1.165, 1.54) is 0 Å². The van der Waals surface area contributed by atoms with E-state index in [2.05, 4.69) is 69.5 Å². The predicted molar refractivity (Wildman–Crippen MR) is 149 cm³/mol. The molecule has 0 amide bonds. The van der Waals surface area contributed by atoms with Crippen LogP contribution in [-0.2, 0) is 52.8 Å². The fraction of sp³-hybridized carbons (Fsp3) is 0. The molecule has 2 aromatic heterocycles. The van der Waals surface area contributed by atoms with Crippen molar-refractivity contribution >= 4 is 8.41 Å². The second kappa shape index (κ2) is 16.8. The molecule has 0 N–H and O–H groups in total. The van der Waals surface area contributed by atoms with Gasteiger partial charge < -0.3 is 11.1 Å². The van der Waals surface area contributed by atoms with Gasteiger partial charge in [-0.3, -0.25) is 33.2 Å². The number of nitrogens with zero attached hydrogens (tertiary/aromatic N) is 3. The Kier molecular flexibility index (Phi) is 13.8. The molecule has 0 saturated heterocycles. The summed E-state index contributed by atoms with van der Waals surface area (Å²) in [6.07, 6.45) is 5.23. The van der Waals surface area contributed by atoms with Crippen molar-refractivity contribution in [3.63, 3.8) is 0 Å². The normalized spacial score (nSPS) is 9.44. The largest absolute Gasteiger partial charge is 0.352 e. The van der Waals surface area contributed by atoms with E-state index in [4.69, 9.17) is 0 Å². The number of rotatable bonds is 4. The van der Waals surface area contributed by atoms with Crippen molar-refractivity contribution in [2.45, 2.75) is 0 Å². The van der Waals surface area contributed by atoms with E-state index in [0.717, 1.165) is 44.9 Å². The van der Waals surface area contributed by atoms with E-state index >= 15 is 0 Å². The summed E-state index contributed by atoms with van der Waals surface area (Å²) in [6, 6.07) is 48.9. The Labute approximate surface area is 271 Å². The van der Waals surface area contributed by atoms with Crippen molar-refractivity contribution < 1.29 is 52.8 Å². The van der Waals surface area contributed by atoms with Crippen LogP contribution in [0.1, 0.15) is 0 Å². The van der Waals surface area contributed by atoms with E-state index in [9.17, 15) is 0 Å². The Bertz CT molecular complexity index is 1400. The molecule has 3 nitrogen and oxygen atoms in total. The smallest absolute Gasteiger partial charge is 0.0748 e. The summed E-state index contributed by atoms with van der Waals surface area (Å²) in [5.41, 5.74) is 6.92. The molecule has 187 valence electrons. The summed E-state index contributed by atoms with van der Waals surface area (Å²) in [7, 11) is 0. The van der Waals surface area contributed by atoms with Crippen molar-refractivity contribution in [1.82, 2.24) is 15.0 Å². The number of benzene rings is 4. The van der Waals surface area contributed by atoms with Crippen LogP contribution in [0.4, 0.5) is 0 Å². The number of aromatic nitrogens is 3. The van der Waals surface area contributed by atoms with Gasteiger partial charge in [0, 0.05) is 79.8 Å². The average molecular weight is 751 g/mol. The summed E-state index contributed by atoms with van der Waals surface area (Å²) >= 11 is 0. The van der Waals surface area contributed by atoms with Crippen molar-refractivity contribution in [2.24, 2.45) is 0 Å². The molecule has 0 aliphatic rings. The molecule has 6 rings (SSSR count). The van der Waals surface area contributed by atoms with Gasteiger partial charge in [0.25, 0.3) is 0 Å². The molecule has 0 aliphatic heterocycles. The van der Waals surface area contributed by atoms with Crippen LogP contribution in [-0.4, -0.2) is 23.4 Å². The van der Waals surface area contributed by atoms with Gasteiger partial charge in [-0.2, -0.15) is 5.56 Å². The van der Waals surface area contributed by atoms with Gasteiger partial charge in [0.05, 0.1) is 5.82 Å². The van der Waals surface area contributed by atoms with Gasteiger partial charge in [-0.15, -0.1) is 71.8 Å². The SMILES string of the molecule is [B].[Ir].[Y].[c-]1ccc(-c2[c-]c(-c3ccccc3)ccc2)[c-]c1-c1ccccn1.[c-]1ccccc1-c1ncccn1. The second-order valence-electron chi connectivity index (χ2n) is 7.80. The van der Waals surface area contributed by atoms with Crippen LogP contribution >= 0.6 is 0 Å². The summed E-state index contributed by atoms with van der Waals surface area (Å²) in [6.45, 7) is 0. The molecule has 0 atom stereocenters. The van der Waals surface area contributed by atoms with E-state index in [-0.39, 0.29) is 61.2 Å². The third kappa shape index (κ3) is 8.98. The zero-order chi connectivity index (χ0) is 24.4. The summed E-state index contributed by atoms with van der Waals surface area (Å²) < 4.78 is 0. The molecule has 2 heterocycles. The molecular weight excluding hydrogens is 730 g/mol. The first-order valence-electron chi connectivity index (χ1n) is 11.5. The van der Waals surface area contributed by atoms with Crippen molar-refractivity contribution in [3.05, 3.63) is 152 Å². The molecule has 4 aromatic carbocycles. The minimum Gasteiger partial charge on any atom is -0.352 e. The van der Waals surface area contributed by atoms with Gasteiger partial charge in [-0.25, -0.2) is 6.07 Å². The Morgan fingerprint density at radius 3 is 1.87 bits per heavy atom. The molecule has 0 bridgehead atoms. The molecule has 6 heteroatoms. The first-order chi connectivity index (χ1) is 17.9. The maximum absolute atomic E-state index is 4.38. The number of pyridine rings is 1. The second-order valence-corrected chi connectivity index (χ2v) is 7.80. The van der Waals surface area contributed by atoms with Crippen LogP contribution in [0.3, 0.4) is 0 Å². The van der Waals surface area contributed by atoms with Crippen LogP contribution in [0.25, 0.3) is 44.9 Å². The van der Waals surface area contributed by atoms with Gasteiger partial charge in [-0.05, 0) is 12.1 Å². The van der Waals surface area contributed by atoms with Crippen molar-refractivity contribution in [2.75, 3.05) is 0 Å². The third-order valence-corrected chi connectivity index (χ3v) is 5.34. The quantitative estimate of drug-likeness (QED) is 0.143. The van der Waals surface area contributed by atoms with Crippen LogP contribution in [0.2, 0.25) is 0 Å². The molecule has 5 radical (unpaired) electrons. The molecule has 0 aliphatic carbocycles. The summed E-state index contributed by atoms with van der Waals surface area (Å²) in [5, 5.41) is 0. The van der Waals surface area contributed by atoms with Gasteiger partial charge in [0.15, 0.2) is 0 Å². The van der Waals surface area contributed by atoms with Crippen molar-refractivity contribution in [3.8, 4) is 44.9 Å². The topological polar surface area (TPSA) is 38.7 Å². The van der Waals surface area contributed by atoms with Gasteiger partial charge in [0.2, 0.25) is 0 Å². The fourth-order valence-corrected chi connectivity index (χ4v) is 3.61. The Hall–Kier alpha value is -3.07. The van der Waals surface area contributed by atoms with Crippen LogP contribution in [0.15, 0.2) is 128 Å². The Balaban J connectivity index is 0.000000304. The molecule has 0 saturated carbocycles. The molecule has 0 unspecified atom stereocenters. The predicted octanol–water partition coefficient (Wildman–Crippen LogP) is 7.04. The minimum atomic E-state index is 0. The van der Waals surface area contributed by atoms with E-state index in [0.29, 0.717) is 0 Å². The monoisotopic (exact) mass is 752 g/mol. The maximum Gasteiger partial charge on any atom is 0.0748 e. The maximum atomic E-state index is 4.38.